The number of amides is 2. The molecule has 22 heavy (non-hydrogen) atoms. The lowest BCUT2D eigenvalue weighted by Crippen LogP contribution is -2.48. The van der Waals surface area contributed by atoms with E-state index < -0.39 is 40.3 Å². The van der Waals surface area contributed by atoms with E-state index in [4.69, 9.17) is 52.1 Å². The Bertz CT molecular complexity index is 655. The number of hydrogen-bond donors (Lipinski definition) is 1. The van der Waals surface area contributed by atoms with E-state index in [2.05, 4.69) is 11.6 Å². The summed E-state index contributed by atoms with van der Waals surface area (Å²) in [5.41, 5.74) is 5.09. The van der Waals surface area contributed by atoms with Crippen LogP contribution in [0.3, 0.4) is 0 Å². The second-order valence-corrected chi connectivity index (χ2v) is 5.17. The highest BCUT2D eigenvalue weighted by Gasteiger charge is 2.45. The summed E-state index contributed by atoms with van der Waals surface area (Å²) in [7, 11) is 0. The van der Waals surface area contributed by atoms with Gasteiger partial charge >= 0.3 is 11.8 Å². The number of imide groups is 1. The van der Waals surface area contributed by atoms with E-state index in [1.807, 2.05) is 0 Å². The van der Waals surface area contributed by atoms with Gasteiger partial charge in [0, 0.05) is 0 Å². The Balaban J connectivity index is 3.59. The predicted octanol–water partition coefficient (Wildman–Crippen LogP) is 3.54. The van der Waals surface area contributed by atoms with Crippen LogP contribution >= 0.6 is 46.4 Å². The third kappa shape index (κ3) is 3.43. The quantitative estimate of drug-likeness (QED) is 0.483. The van der Waals surface area contributed by atoms with E-state index in [9.17, 15) is 18.4 Å². The van der Waals surface area contributed by atoms with Crippen molar-refractivity contribution < 1.29 is 18.4 Å². The highest BCUT2D eigenvalue weighted by Crippen LogP contribution is 2.39. The van der Waals surface area contributed by atoms with Gasteiger partial charge in [0.2, 0.25) is 0 Å². The summed E-state index contributed by atoms with van der Waals surface area (Å²) in [6.07, 6.45) is 0.611. The summed E-state index contributed by atoms with van der Waals surface area (Å²) < 4.78 is 27.0. The number of nitrogen functional groups attached to an aromatic ring is 1. The largest absolute Gasteiger partial charge is 0.394 e. The smallest absolute Gasteiger partial charge is 0.338 e. The molecule has 0 fully saturated rings. The van der Waals surface area contributed by atoms with Crippen molar-refractivity contribution >= 4 is 69.7 Å². The molecule has 0 aliphatic rings. The van der Waals surface area contributed by atoms with Gasteiger partial charge in [-0.1, -0.05) is 41.4 Å². The van der Waals surface area contributed by atoms with Gasteiger partial charge in [-0.15, -0.1) is 11.6 Å². The molecule has 0 spiro atoms. The van der Waals surface area contributed by atoms with E-state index in [-0.39, 0.29) is 14.9 Å². The number of anilines is 2. The highest BCUT2D eigenvalue weighted by molar-refractivity contribution is 6.49. The number of halogens is 6. The maximum absolute atomic E-state index is 13.5. The zero-order chi connectivity index (χ0) is 17.2. The molecule has 5 nitrogen and oxygen atoms in total. The Hall–Kier alpha value is -1.15. The maximum Gasteiger partial charge on any atom is 0.338 e. The third-order valence-electron chi connectivity index (χ3n) is 2.35. The first-order valence-corrected chi connectivity index (χ1v) is 7.00. The molecule has 11 heteroatoms. The minimum absolute atomic E-state index is 0.0151. The number of alkyl halides is 3. The van der Waals surface area contributed by atoms with Crippen LogP contribution in [0.2, 0.25) is 15.2 Å². The van der Waals surface area contributed by atoms with Crippen LogP contribution in [0.15, 0.2) is 12.7 Å². The van der Waals surface area contributed by atoms with Gasteiger partial charge in [-0.3, -0.25) is 9.59 Å². The standard InChI is InChI=1S/C11H7Cl4F2N3O2/c1-2-4(21)20(10(22)11(16,17)3-12)9-7(18)5(13)6(14)8(15)19-9/h2H,1,3,18H2. The maximum atomic E-state index is 13.5. The Morgan fingerprint density at radius 2 is 1.86 bits per heavy atom. The number of hydrogen-bond acceptors (Lipinski definition) is 4. The van der Waals surface area contributed by atoms with Crippen molar-refractivity contribution in [3.8, 4) is 0 Å². The van der Waals surface area contributed by atoms with Crippen LogP contribution in [-0.2, 0) is 9.59 Å². The molecule has 2 amide bonds. The molecule has 0 bridgehead atoms. The minimum atomic E-state index is -4.05. The monoisotopic (exact) mass is 391 g/mol. The fourth-order valence-corrected chi connectivity index (χ4v) is 1.95. The van der Waals surface area contributed by atoms with Crippen LogP contribution in [0.4, 0.5) is 20.3 Å². The lowest BCUT2D eigenvalue weighted by atomic mass is 10.2. The average molecular weight is 393 g/mol. The van der Waals surface area contributed by atoms with Gasteiger partial charge in [-0.05, 0) is 6.08 Å². The molecule has 0 unspecified atom stereocenters. The van der Waals surface area contributed by atoms with E-state index in [1.165, 1.54) is 0 Å². The first kappa shape index (κ1) is 18.9. The van der Waals surface area contributed by atoms with E-state index >= 15 is 0 Å². The number of rotatable bonds is 4. The van der Waals surface area contributed by atoms with Gasteiger partial charge in [0.05, 0.1) is 21.6 Å². The van der Waals surface area contributed by atoms with Crippen LogP contribution < -0.4 is 10.6 Å². The molecule has 0 radical (unpaired) electrons. The first-order chi connectivity index (χ1) is 10.1. The summed E-state index contributed by atoms with van der Waals surface area (Å²) >= 11 is 22.1. The Kier molecular flexibility index (Phi) is 5.97. The normalized spacial score (nSPS) is 11.2. The van der Waals surface area contributed by atoms with Crippen molar-refractivity contribution in [3.63, 3.8) is 0 Å². The van der Waals surface area contributed by atoms with E-state index in [0.717, 1.165) is 0 Å². The topological polar surface area (TPSA) is 76.3 Å². The molecule has 2 N–H and O–H groups in total. The van der Waals surface area contributed by atoms with Gasteiger partial charge in [-0.25, -0.2) is 9.88 Å². The predicted molar refractivity (Wildman–Crippen MR) is 82.0 cm³/mol. The molecule has 120 valence electrons. The number of nitrogens with two attached hydrogens (primary N) is 1. The Morgan fingerprint density at radius 3 is 2.32 bits per heavy atom. The second-order valence-electron chi connectivity index (χ2n) is 3.79. The summed E-state index contributed by atoms with van der Waals surface area (Å²) in [6.45, 7) is 3.11. The molecule has 1 aromatic rings. The molecular weight excluding hydrogens is 386 g/mol. The zero-order valence-corrected chi connectivity index (χ0v) is 13.6. The first-order valence-electron chi connectivity index (χ1n) is 5.33. The van der Waals surface area contributed by atoms with Gasteiger partial charge < -0.3 is 5.73 Å². The van der Waals surface area contributed by atoms with Crippen molar-refractivity contribution in [1.82, 2.24) is 4.98 Å². The SMILES string of the molecule is C=CC(=O)N(C(=O)C(F)(F)CCl)c1nc(Cl)c(Cl)c(Cl)c1N. The molecule has 0 saturated heterocycles. The highest BCUT2D eigenvalue weighted by atomic mass is 35.5. The fourth-order valence-electron chi connectivity index (χ4n) is 1.29. The lowest BCUT2D eigenvalue weighted by Gasteiger charge is -2.24. The number of pyridine rings is 1. The number of carbonyl (C=O) groups excluding carboxylic acids is 2. The number of nitrogens with zero attached hydrogens (tertiary/aromatic N) is 2. The fraction of sp³-hybridized carbons (Fsp3) is 0.182. The molecule has 0 aliphatic heterocycles. The van der Waals surface area contributed by atoms with Crippen molar-refractivity contribution in [2.75, 3.05) is 16.5 Å². The second kappa shape index (κ2) is 6.95. The van der Waals surface area contributed by atoms with E-state index in [1.54, 1.807) is 0 Å². The molecular formula is C11H7Cl4F2N3O2. The van der Waals surface area contributed by atoms with Crippen LogP contribution in [0.25, 0.3) is 0 Å². The summed E-state index contributed by atoms with van der Waals surface area (Å²) in [6, 6.07) is 0. The summed E-state index contributed by atoms with van der Waals surface area (Å²) in [4.78, 5) is 27.2. The van der Waals surface area contributed by atoms with Gasteiger partial charge in [0.1, 0.15) is 0 Å². The third-order valence-corrected chi connectivity index (χ3v) is 3.91. The molecule has 1 heterocycles. The summed E-state index contributed by atoms with van der Waals surface area (Å²) in [5, 5.41) is -1.03. The average Bonchev–Trinajstić information content (AvgIpc) is 2.49. The Morgan fingerprint density at radius 1 is 1.32 bits per heavy atom. The van der Waals surface area contributed by atoms with Crippen molar-refractivity contribution in [1.29, 1.82) is 0 Å². The molecule has 0 atom stereocenters. The molecule has 0 aliphatic carbocycles. The molecule has 0 aromatic carbocycles. The van der Waals surface area contributed by atoms with Crippen LogP contribution in [0.1, 0.15) is 0 Å². The van der Waals surface area contributed by atoms with Gasteiger partial charge in [0.15, 0.2) is 11.0 Å². The molecule has 1 rings (SSSR count). The summed E-state index contributed by atoms with van der Waals surface area (Å²) in [5.74, 6) is -9.28. The molecule has 1 aromatic heterocycles. The van der Waals surface area contributed by atoms with Crippen molar-refractivity contribution in [3.05, 3.63) is 27.9 Å². The van der Waals surface area contributed by atoms with Crippen LogP contribution in [-0.4, -0.2) is 28.6 Å². The number of carbonyl (C=O) groups is 2. The van der Waals surface area contributed by atoms with Crippen LogP contribution in [0.5, 0.6) is 0 Å². The zero-order valence-electron chi connectivity index (χ0n) is 10.5. The van der Waals surface area contributed by atoms with Crippen LogP contribution in [0, 0.1) is 0 Å². The molecule has 0 saturated carbocycles. The van der Waals surface area contributed by atoms with Gasteiger partial charge in [0.25, 0.3) is 5.91 Å². The van der Waals surface area contributed by atoms with Crippen molar-refractivity contribution in [2.45, 2.75) is 5.92 Å². The Labute approximate surface area is 143 Å². The minimum Gasteiger partial charge on any atom is -0.394 e. The lowest BCUT2D eigenvalue weighted by molar-refractivity contribution is -0.141. The van der Waals surface area contributed by atoms with E-state index in [0.29, 0.717) is 6.08 Å². The van der Waals surface area contributed by atoms with Crippen molar-refractivity contribution in [2.24, 2.45) is 0 Å². The number of aromatic nitrogens is 1. The van der Waals surface area contributed by atoms with Gasteiger partial charge in [-0.2, -0.15) is 8.78 Å².